The van der Waals surface area contributed by atoms with Gasteiger partial charge in [0.1, 0.15) is 0 Å². The van der Waals surface area contributed by atoms with Gasteiger partial charge in [0, 0.05) is 12.1 Å². The Bertz CT molecular complexity index is 133. The number of amides is 1. The van der Waals surface area contributed by atoms with E-state index in [4.69, 9.17) is 11.4 Å². The van der Waals surface area contributed by atoms with Gasteiger partial charge in [0.25, 0.3) is 0 Å². The summed E-state index contributed by atoms with van der Waals surface area (Å²) in [7, 11) is 0. The van der Waals surface area contributed by atoms with E-state index in [1.165, 1.54) is 6.92 Å². The standard InChI is InChI=1S/C2H5N5O/c1-2(8)7(4)6-5-3/h4H2,1H3. The molecule has 0 aliphatic carbocycles. The Morgan fingerprint density at radius 3 is 2.62 bits per heavy atom. The van der Waals surface area contributed by atoms with Crippen molar-refractivity contribution in [3.05, 3.63) is 10.4 Å². The summed E-state index contributed by atoms with van der Waals surface area (Å²) >= 11 is 0. The van der Waals surface area contributed by atoms with Crippen LogP contribution in [0, 0.1) is 0 Å². The number of rotatable bonds is 1. The average molecular weight is 115 g/mol. The first-order valence-corrected chi connectivity index (χ1v) is 1.79. The molecule has 0 aromatic heterocycles. The second-order valence-electron chi connectivity index (χ2n) is 1.04. The normalized spacial score (nSPS) is 7.25. The maximum absolute atomic E-state index is 10.1. The molecule has 6 nitrogen and oxygen atoms in total. The molecule has 0 atom stereocenters. The molecule has 0 saturated carbocycles. The SMILES string of the molecule is CC(=O)N(N)N=[N+]=[N-]. The van der Waals surface area contributed by atoms with Crippen molar-refractivity contribution in [1.29, 1.82) is 0 Å². The van der Waals surface area contributed by atoms with E-state index in [0.29, 0.717) is 5.12 Å². The molecule has 8 heavy (non-hydrogen) atoms. The maximum Gasteiger partial charge on any atom is 0.327 e. The number of nitrogens with zero attached hydrogens (tertiary/aromatic N) is 4. The lowest BCUT2D eigenvalue weighted by Gasteiger charge is -1.95. The molecule has 0 unspecified atom stereocenters. The van der Waals surface area contributed by atoms with Crippen molar-refractivity contribution in [1.82, 2.24) is 5.12 Å². The van der Waals surface area contributed by atoms with Crippen LogP contribution in [0.1, 0.15) is 6.92 Å². The van der Waals surface area contributed by atoms with Gasteiger partial charge in [-0.05, 0) is 0 Å². The van der Waals surface area contributed by atoms with Gasteiger partial charge in [-0.3, -0.25) is 0 Å². The number of carbonyl (C=O) groups is 1. The quantitative estimate of drug-likeness (QED) is 0.129. The zero-order valence-electron chi connectivity index (χ0n) is 4.27. The molecule has 0 heterocycles. The second-order valence-corrected chi connectivity index (χ2v) is 1.04. The van der Waals surface area contributed by atoms with E-state index in [0.717, 1.165) is 0 Å². The smallest absolute Gasteiger partial charge is 0.245 e. The summed E-state index contributed by atoms with van der Waals surface area (Å²) < 4.78 is 0. The molecule has 1 amide bonds. The van der Waals surface area contributed by atoms with Crippen LogP contribution in [-0.2, 0) is 4.79 Å². The number of azide groups is 1. The molecule has 44 valence electrons. The van der Waals surface area contributed by atoms with E-state index >= 15 is 0 Å². The third kappa shape index (κ3) is 2.01. The van der Waals surface area contributed by atoms with Crippen LogP contribution in [0.25, 0.3) is 10.4 Å². The van der Waals surface area contributed by atoms with Gasteiger partial charge >= 0.3 is 5.91 Å². The number of carbonyl (C=O) groups excluding carboxylic acids is 1. The molecule has 0 bridgehead atoms. The highest BCUT2D eigenvalue weighted by molar-refractivity contribution is 5.71. The van der Waals surface area contributed by atoms with Gasteiger partial charge in [0.15, 0.2) is 0 Å². The van der Waals surface area contributed by atoms with Crippen LogP contribution in [-0.4, -0.2) is 11.0 Å². The summed E-state index contributed by atoms with van der Waals surface area (Å²) in [6.07, 6.45) is 0. The molecule has 0 aromatic rings. The number of hydrogen-bond acceptors (Lipinski definition) is 3. The fraction of sp³-hybridized carbons (Fsp3) is 0.500. The Morgan fingerprint density at radius 2 is 2.50 bits per heavy atom. The second kappa shape index (κ2) is 2.84. The maximum atomic E-state index is 10.1. The molecule has 0 fully saturated rings. The van der Waals surface area contributed by atoms with Gasteiger partial charge < -0.3 is 0 Å². The van der Waals surface area contributed by atoms with Crippen molar-refractivity contribution in [2.24, 2.45) is 11.1 Å². The van der Waals surface area contributed by atoms with Crippen molar-refractivity contribution in [3.8, 4) is 0 Å². The fourth-order valence-corrected chi connectivity index (χ4v) is 0.106. The lowest BCUT2D eigenvalue weighted by molar-refractivity contribution is -0.129. The minimum atomic E-state index is -0.497. The van der Waals surface area contributed by atoms with Crippen LogP contribution in [0.3, 0.4) is 0 Å². The van der Waals surface area contributed by atoms with Crippen molar-refractivity contribution in [2.45, 2.75) is 6.92 Å². The molecular weight excluding hydrogens is 110 g/mol. The highest BCUT2D eigenvalue weighted by Crippen LogP contribution is 1.77. The zero-order valence-corrected chi connectivity index (χ0v) is 4.27. The van der Waals surface area contributed by atoms with Crippen molar-refractivity contribution >= 4 is 5.91 Å². The third-order valence-electron chi connectivity index (χ3n) is 0.459. The summed E-state index contributed by atoms with van der Waals surface area (Å²) in [5.41, 5.74) is 7.67. The van der Waals surface area contributed by atoms with Crippen molar-refractivity contribution in [2.75, 3.05) is 0 Å². The van der Waals surface area contributed by atoms with Crippen LogP contribution >= 0.6 is 0 Å². The largest absolute Gasteiger partial charge is 0.327 e. The van der Waals surface area contributed by atoms with E-state index in [9.17, 15) is 4.79 Å². The summed E-state index contributed by atoms with van der Waals surface area (Å²) in [6.45, 7) is 1.19. The molecule has 0 radical (unpaired) electrons. The van der Waals surface area contributed by atoms with Gasteiger partial charge in [-0.15, -0.1) is 10.6 Å². The van der Waals surface area contributed by atoms with E-state index in [1.807, 2.05) is 0 Å². The van der Waals surface area contributed by atoms with Gasteiger partial charge in [-0.1, -0.05) is 0 Å². The number of nitrogens with two attached hydrogens (primary N) is 1. The van der Waals surface area contributed by atoms with Gasteiger partial charge in [0.05, 0.1) is 0 Å². The molecule has 6 heteroatoms. The fourth-order valence-electron chi connectivity index (χ4n) is 0.106. The first-order valence-electron chi connectivity index (χ1n) is 1.79. The minimum absolute atomic E-state index is 0.417. The van der Waals surface area contributed by atoms with Crippen molar-refractivity contribution < 1.29 is 4.79 Å². The predicted octanol–water partition coefficient (Wildman–Crippen LogP) is -0.0661. The number of hydrazine groups is 1. The summed E-state index contributed by atoms with van der Waals surface area (Å²) in [5, 5.41) is 3.18. The topological polar surface area (TPSA) is 95.1 Å². The highest BCUT2D eigenvalue weighted by atomic mass is 16.2. The minimum Gasteiger partial charge on any atom is -0.245 e. The van der Waals surface area contributed by atoms with E-state index in [-0.39, 0.29) is 0 Å². The van der Waals surface area contributed by atoms with Crippen LogP contribution in [0.4, 0.5) is 0 Å². The first-order chi connectivity index (χ1) is 3.68. The number of hydrogen-bond donors (Lipinski definition) is 1. The molecule has 0 aromatic carbocycles. The highest BCUT2D eigenvalue weighted by Gasteiger charge is 2.00. The molecule has 0 aliphatic heterocycles. The summed E-state index contributed by atoms with van der Waals surface area (Å²) in [6, 6.07) is 0. The van der Waals surface area contributed by atoms with E-state index < -0.39 is 5.91 Å². The molecular formula is C2H5N5O. The average Bonchev–Trinajstić information content (AvgIpc) is 1.67. The molecule has 0 saturated heterocycles. The monoisotopic (exact) mass is 115 g/mol. The first kappa shape index (κ1) is 6.74. The van der Waals surface area contributed by atoms with Crippen LogP contribution in [0.15, 0.2) is 5.22 Å². The Morgan fingerprint density at radius 1 is 2.00 bits per heavy atom. The molecule has 0 aliphatic rings. The summed E-state index contributed by atoms with van der Waals surface area (Å²) in [4.78, 5) is 12.3. The Hall–Kier alpha value is -1.26. The predicted molar refractivity (Wildman–Crippen MR) is 25.9 cm³/mol. The van der Waals surface area contributed by atoms with Gasteiger partial charge in [-0.2, -0.15) is 10.8 Å². The Kier molecular flexibility index (Phi) is 2.39. The third-order valence-corrected chi connectivity index (χ3v) is 0.459. The van der Waals surface area contributed by atoms with E-state index in [1.54, 1.807) is 0 Å². The lowest BCUT2D eigenvalue weighted by atomic mass is 10.7. The van der Waals surface area contributed by atoms with E-state index in [2.05, 4.69) is 10.1 Å². The lowest BCUT2D eigenvalue weighted by Crippen LogP contribution is -2.28. The van der Waals surface area contributed by atoms with Crippen LogP contribution < -0.4 is 5.84 Å². The molecule has 0 rings (SSSR count). The van der Waals surface area contributed by atoms with Gasteiger partial charge in [-0.25, -0.2) is 4.79 Å². The molecule has 2 N–H and O–H groups in total. The van der Waals surface area contributed by atoms with Crippen molar-refractivity contribution in [3.63, 3.8) is 0 Å². The van der Waals surface area contributed by atoms with Crippen LogP contribution in [0.5, 0.6) is 0 Å². The Balaban J connectivity index is 3.82. The summed E-state index contributed by atoms with van der Waals surface area (Å²) in [5.74, 6) is 4.29. The van der Waals surface area contributed by atoms with Gasteiger partial charge in [0.2, 0.25) is 0 Å². The zero-order chi connectivity index (χ0) is 6.57. The molecule has 0 spiro atoms. The van der Waals surface area contributed by atoms with Crippen LogP contribution in [0.2, 0.25) is 0 Å². The Labute approximate surface area is 45.4 Å².